The average molecular weight is 315 g/mol. The average Bonchev–Trinajstić information content (AvgIpc) is 3.01. The minimum absolute atomic E-state index is 0.253. The maximum atomic E-state index is 5.97. The lowest BCUT2D eigenvalue weighted by atomic mass is 10.0. The van der Waals surface area contributed by atoms with Crippen LogP contribution in [0.2, 0.25) is 0 Å². The third kappa shape index (κ3) is 3.16. The summed E-state index contributed by atoms with van der Waals surface area (Å²) in [4.78, 5) is 2.46. The van der Waals surface area contributed by atoms with Crippen LogP contribution in [0, 0.1) is 6.92 Å². The van der Waals surface area contributed by atoms with Crippen LogP contribution in [0.15, 0.2) is 12.1 Å². The molecule has 1 aliphatic rings. The second-order valence-electron chi connectivity index (χ2n) is 6.98. The molecule has 3 rings (SSSR count). The third-order valence-corrected chi connectivity index (χ3v) is 5.19. The smallest absolute Gasteiger partial charge is 0.0589 e. The van der Waals surface area contributed by atoms with E-state index in [1.165, 1.54) is 33.3 Å². The van der Waals surface area contributed by atoms with Crippen molar-refractivity contribution >= 4 is 10.9 Å². The molecule has 4 heteroatoms. The number of rotatable bonds is 6. The molecule has 4 nitrogen and oxygen atoms in total. The maximum absolute atomic E-state index is 5.97. The van der Waals surface area contributed by atoms with Crippen LogP contribution in [0.3, 0.4) is 0 Å². The summed E-state index contributed by atoms with van der Waals surface area (Å²) in [5.41, 5.74) is 13.1. The molecule has 23 heavy (non-hydrogen) atoms. The Bertz CT molecular complexity index is 702. The second kappa shape index (κ2) is 6.63. The Kier molecular flexibility index (Phi) is 4.76. The van der Waals surface area contributed by atoms with Gasteiger partial charge in [-0.25, -0.2) is 0 Å². The summed E-state index contributed by atoms with van der Waals surface area (Å²) >= 11 is 0. The highest BCUT2D eigenvalue weighted by atomic mass is 16.5. The van der Waals surface area contributed by atoms with Gasteiger partial charge in [0.15, 0.2) is 0 Å². The van der Waals surface area contributed by atoms with E-state index in [4.69, 9.17) is 10.5 Å². The summed E-state index contributed by atoms with van der Waals surface area (Å²) in [5.74, 6) is 0. The number of methoxy groups -OCH3 is 1. The molecule has 0 radical (unpaired) electrons. The quantitative estimate of drug-likeness (QED) is 0.891. The van der Waals surface area contributed by atoms with Gasteiger partial charge in [-0.05, 0) is 55.5 Å². The fourth-order valence-corrected chi connectivity index (χ4v) is 3.67. The van der Waals surface area contributed by atoms with E-state index < -0.39 is 0 Å². The molecule has 2 aromatic rings. The summed E-state index contributed by atoms with van der Waals surface area (Å²) in [6.45, 7) is 8.19. The molecule has 0 fully saturated rings. The predicted molar refractivity (Wildman–Crippen MR) is 95.6 cm³/mol. The third-order valence-electron chi connectivity index (χ3n) is 5.19. The van der Waals surface area contributed by atoms with Gasteiger partial charge in [0, 0.05) is 56.4 Å². The number of nitrogens with zero attached hydrogens (tertiary/aromatic N) is 2. The monoisotopic (exact) mass is 315 g/mol. The van der Waals surface area contributed by atoms with Gasteiger partial charge in [0.25, 0.3) is 0 Å². The molecule has 0 saturated heterocycles. The standard InChI is InChI=1S/C19H29N3O/c1-13(20)5-6-17-14(2)21(3)19-10-16-12-22(7-8-23-4)11-15(16)9-18(17)19/h9-10,13H,5-8,11-12,20H2,1-4H3. The number of ether oxygens (including phenoxy) is 1. The Hall–Kier alpha value is -1.36. The highest BCUT2D eigenvalue weighted by molar-refractivity contribution is 5.87. The van der Waals surface area contributed by atoms with Crippen molar-refractivity contribution < 1.29 is 4.74 Å². The van der Waals surface area contributed by atoms with Crippen molar-refractivity contribution in [3.05, 3.63) is 34.5 Å². The minimum atomic E-state index is 0.253. The predicted octanol–water partition coefficient (Wildman–Crippen LogP) is 2.73. The zero-order valence-electron chi connectivity index (χ0n) is 14.9. The molecule has 0 amide bonds. The van der Waals surface area contributed by atoms with Crippen LogP contribution >= 0.6 is 0 Å². The van der Waals surface area contributed by atoms with E-state index in [1.54, 1.807) is 7.11 Å². The minimum Gasteiger partial charge on any atom is -0.383 e. The lowest BCUT2D eigenvalue weighted by molar-refractivity contribution is 0.147. The number of aromatic nitrogens is 1. The summed E-state index contributed by atoms with van der Waals surface area (Å²) in [6, 6.07) is 5.06. The van der Waals surface area contributed by atoms with Gasteiger partial charge >= 0.3 is 0 Å². The molecule has 1 aromatic carbocycles. The van der Waals surface area contributed by atoms with Gasteiger partial charge in [0.05, 0.1) is 6.61 Å². The summed E-state index contributed by atoms with van der Waals surface area (Å²) in [5, 5.41) is 1.41. The molecule has 0 aliphatic carbocycles. The van der Waals surface area contributed by atoms with E-state index in [9.17, 15) is 0 Å². The van der Waals surface area contributed by atoms with Gasteiger partial charge in [-0.3, -0.25) is 4.90 Å². The van der Waals surface area contributed by atoms with Crippen LogP contribution in [0.4, 0.5) is 0 Å². The van der Waals surface area contributed by atoms with Crippen LogP contribution in [0.25, 0.3) is 10.9 Å². The lowest BCUT2D eigenvalue weighted by Crippen LogP contribution is -2.21. The molecule has 0 saturated carbocycles. The Morgan fingerprint density at radius 2 is 1.96 bits per heavy atom. The van der Waals surface area contributed by atoms with Crippen molar-refractivity contribution in [2.45, 2.75) is 45.8 Å². The summed E-state index contributed by atoms with van der Waals surface area (Å²) < 4.78 is 7.55. The first-order valence-corrected chi connectivity index (χ1v) is 8.57. The van der Waals surface area contributed by atoms with Crippen molar-refractivity contribution in [1.82, 2.24) is 9.47 Å². The number of hydrogen-bond donors (Lipinski definition) is 1. The highest BCUT2D eigenvalue weighted by Crippen LogP contribution is 2.32. The summed E-state index contributed by atoms with van der Waals surface area (Å²) in [6.07, 6.45) is 2.10. The number of hydrogen-bond acceptors (Lipinski definition) is 3. The molecule has 0 bridgehead atoms. The molecule has 1 aliphatic heterocycles. The van der Waals surface area contributed by atoms with E-state index in [2.05, 4.69) is 42.5 Å². The Balaban J connectivity index is 1.94. The normalized spacial score (nSPS) is 16.2. The number of aryl methyl sites for hydroxylation is 2. The van der Waals surface area contributed by atoms with E-state index in [0.717, 1.165) is 39.1 Å². The van der Waals surface area contributed by atoms with Crippen LogP contribution in [-0.4, -0.2) is 35.8 Å². The second-order valence-corrected chi connectivity index (χ2v) is 6.98. The van der Waals surface area contributed by atoms with Crippen LogP contribution in [0.5, 0.6) is 0 Å². The number of benzene rings is 1. The molecule has 0 spiro atoms. The molecular formula is C19H29N3O. The van der Waals surface area contributed by atoms with Gasteiger partial charge in [-0.2, -0.15) is 0 Å². The topological polar surface area (TPSA) is 43.4 Å². The first-order valence-electron chi connectivity index (χ1n) is 8.57. The first kappa shape index (κ1) is 16.5. The lowest BCUT2D eigenvalue weighted by Gasteiger charge is -2.13. The van der Waals surface area contributed by atoms with E-state index in [0.29, 0.717) is 0 Å². The maximum Gasteiger partial charge on any atom is 0.0589 e. The Morgan fingerprint density at radius 3 is 2.61 bits per heavy atom. The highest BCUT2D eigenvalue weighted by Gasteiger charge is 2.22. The molecule has 126 valence electrons. The van der Waals surface area contributed by atoms with Gasteiger partial charge in [0.1, 0.15) is 0 Å². The Morgan fingerprint density at radius 1 is 1.26 bits per heavy atom. The number of nitrogens with two attached hydrogens (primary N) is 1. The van der Waals surface area contributed by atoms with Gasteiger partial charge in [-0.1, -0.05) is 0 Å². The van der Waals surface area contributed by atoms with Crippen LogP contribution in [-0.2, 0) is 31.3 Å². The fraction of sp³-hybridized carbons (Fsp3) is 0.579. The van der Waals surface area contributed by atoms with E-state index in [-0.39, 0.29) is 6.04 Å². The van der Waals surface area contributed by atoms with Crippen molar-refractivity contribution in [2.24, 2.45) is 12.8 Å². The molecular weight excluding hydrogens is 286 g/mol. The Labute approximate surface area is 139 Å². The molecule has 2 heterocycles. The number of fused-ring (bicyclic) bond motifs is 2. The van der Waals surface area contributed by atoms with Crippen molar-refractivity contribution in [3.63, 3.8) is 0 Å². The molecule has 2 N–H and O–H groups in total. The largest absolute Gasteiger partial charge is 0.383 e. The summed E-state index contributed by atoms with van der Waals surface area (Å²) in [7, 11) is 3.95. The van der Waals surface area contributed by atoms with Gasteiger partial charge in [0.2, 0.25) is 0 Å². The van der Waals surface area contributed by atoms with Gasteiger partial charge < -0.3 is 15.0 Å². The zero-order chi connectivity index (χ0) is 16.6. The van der Waals surface area contributed by atoms with Crippen LogP contribution in [0.1, 0.15) is 35.7 Å². The first-order chi connectivity index (χ1) is 11.0. The zero-order valence-corrected chi connectivity index (χ0v) is 14.9. The fourth-order valence-electron chi connectivity index (χ4n) is 3.67. The molecule has 1 unspecified atom stereocenters. The van der Waals surface area contributed by atoms with Crippen molar-refractivity contribution in [3.8, 4) is 0 Å². The molecule has 1 aromatic heterocycles. The van der Waals surface area contributed by atoms with Gasteiger partial charge in [-0.15, -0.1) is 0 Å². The molecule has 1 atom stereocenters. The van der Waals surface area contributed by atoms with Crippen molar-refractivity contribution in [2.75, 3.05) is 20.3 Å². The van der Waals surface area contributed by atoms with E-state index >= 15 is 0 Å². The SMILES string of the molecule is COCCN1Cc2cc3c(CCC(C)N)c(C)n(C)c3cc2C1. The van der Waals surface area contributed by atoms with Crippen molar-refractivity contribution in [1.29, 1.82) is 0 Å². The van der Waals surface area contributed by atoms with Crippen LogP contribution < -0.4 is 5.73 Å². The van der Waals surface area contributed by atoms with E-state index in [1.807, 2.05) is 0 Å².